The van der Waals surface area contributed by atoms with Gasteiger partial charge in [-0.25, -0.2) is 4.98 Å². The van der Waals surface area contributed by atoms with Crippen LogP contribution in [-0.4, -0.2) is 35.4 Å². The molecule has 0 aliphatic heterocycles. The molecule has 0 fully saturated rings. The van der Waals surface area contributed by atoms with E-state index in [1.165, 1.54) is 30.5 Å². The van der Waals surface area contributed by atoms with E-state index in [0.29, 0.717) is 44.0 Å². The maximum Gasteiger partial charge on any atom is 0.266 e. The van der Waals surface area contributed by atoms with Crippen LogP contribution in [0.5, 0.6) is 11.5 Å². The lowest BCUT2D eigenvalue weighted by molar-refractivity contribution is -0.113. The lowest BCUT2D eigenvalue weighted by Gasteiger charge is -2.15. The summed E-state index contributed by atoms with van der Waals surface area (Å²) in [5, 5.41) is 4.07. The fourth-order valence-corrected chi connectivity index (χ4v) is 4.46. The smallest absolute Gasteiger partial charge is 0.266 e. The van der Waals surface area contributed by atoms with Gasteiger partial charge in [0, 0.05) is 6.07 Å². The minimum Gasteiger partial charge on any atom is -0.495 e. The molecule has 34 heavy (non-hydrogen) atoms. The molecule has 1 amide bonds. The third-order valence-electron chi connectivity index (χ3n) is 5.12. The number of rotatable bonds is 7. The van der Waals surface area contributed by atoms with Crippen LogP contribution in [0.25, 0.3) is 16.6 Å². The number of ether oxygens (including phenoxy) is 2. The third kappa shape index (κ3) is 4.88. The molecular weight excluding hydrogens is 474 g/mol. The number of carbonyl (C=O) groups is 1. The quantitative estimate of drug-likeness (QED) is 0.284. The molecular formula is C25H22ClN3O4S. The molecule has 0 bridgehead atoms. The molecule has 0 spiro atoms. The Hall–Kier alpha value is -3.49. The summed E-state index contributed by atoms with van der Waals surface area (Å²) in [6.45, 7) is 1.98. The number of methoxy groups -OCH3 is 2. The number of para-hydroxylation sites is 1. The van der Waals surface area contributed by atoms with Crippen molar-refractivity contribution >= 4 is 45.9 Å². The Morgan fingerprint density at radius 1 is 1.06 bits per heavy atom. The van der Waals surface area contributed by atoms with Crippen LogP contribution in [0.1, 0.15) is 5.56 Å². The summed E-state index contributed by atoms with van der Waals surface area (Å²) in [5.74, 6) is 0.569. The number of halogens is 1. The first-order chi connectivity index (χ1) is 16.4. The van der Waals surface area contributed by atoms with Crippen LogP contribution in [0.15, 0.2) is 70.6 Å². The van der Waals surface area contributed by atoms with Gasteiger partial charge in [0.25, 0.3) is 5.56 Å². The summed E-state index contributed by atoms with van der Waals surface area (Å²) < 4.78 is 12.1. The van der Waals surface area contributed by atoms with Crippen LogP contribution in [0.3, 0.4) is 0 Å². The van der Waals surface area contributed by atoms with E-state index in [1.54, 1.807) is 30.3 Å². The first kappa shape index (κ1) is 23.7. The number of hydrogen-bond donors (Lipinski definition) is 1. The number of aromatic nitrogens is 2. The van der Waals surface area contributed by atoms with Gasteiger partial charge < -0.3 is 14.8 Å². The molecule has 0 aliphatic rings. The minimum atomic E-state index is -0.303. The molecule has 4 aromatic rings. The van der Waals surface area contributed by atoms with Gasteiger partial charge >= 0.3 is 0 Å². The number of anilines is 1. The van der Waals surface area contributed by atoms with Crippen molar-refractivity contribution in [3.8, 4) is 17.2 Å². The number of aryl methyl sites for hydroxylation is 1. The average Bonchev–Trinajstić information content (AvgIpc) is 2.84. The highest BCUT2D eigenvalue weighted by Crippen LogP contribution is 2.36. The number of fused-ring (bicyclic) bond motifs is 1. The van der Waals surface area contributed by atoms with E-state index in [0.717, 1.165) is 5.56 Å². The molecule has 1 N–H and O–H groups in total. The molecule has 0 atom stereocenters. The van der Waals surface area contributed by atoms with Gasteiger partial charge in [0.05, 0.1) is 47.3 Å². The minimum absolute atomic E-state index is 0.0173. The van der Waals surface area contributed by atoms with Crippen LogP contribution < -0.4 is 20.3 Å². The van der Waals surface area contributed by atoms with Crippen LogP contribution in [0, 0.1) is 6.92 Å². The Morgan fingerprint density at radius 3 is 2.47 bits per heavy atom. The number of benzene rings is 3. The maximum absolute atomic E-state index is 13.3. The van der Waals surface area contributed by atoms with Gasteiger partial charge in [-0.3, -0.25) is 14.2 Å². The van der Waals surface area contributed by atoms with Gasteiger partial charge in [-0.05, 0) is 37.3 Å². The van der Waals surface area contributed by atoms with E-state index in [4.69, 9.17) is 21.1 Å². The van der Waals surface area contributed by atoms with Crippen LogP contribution in [0.4, 0.5) is 5.69 Å². The standard InChI is InChI=1S/C25H22ClN3O4S/c1-15-8-10-16(11-9-15)29-24(31)17-6-4-5-7-19(17)28-25(29)34-14-23(30)27-20-12-18(26)21(32-2)13-22(20)33-3/h4-13H,14H2,1-3H3,(H,27,30). The third-order valence-corrected chi connectivity index (χ3v) is 6.35. The Morgan fingerprint density at radius 2 is 1.76 bits per heavy atom. The fourth-order valence-electron chi connectivity index (χ4n) is 3.40. The second-order valence-electron chi connectivity index (χ2n) is 7.41. The Balaban J connectivity index is 1.64. The average molecular weight is 496 g/mol. The van der Waals surface area contributed by atoms with Crippen molar-refractivity contribution in [2.45, 2.75) is 12.1 Å². The van der Waals surface area contributed by atoms with Crippen molar-refractivity contribution in [3.63, 3.8) is 0 Å². The van der Waals surface area contributed by atoms with Gasteiger partial charge in [0.15, 0.2) is 5.16 Å². The van der Waals surface area contributed by atoms with Crippen molar-refractivity contribution < 1.29 is 14.3 Å². The second kappa shape index (κ2) is 10.2. The molecule has 9 heteroatoms. The number of nitrogens with zero attached hydrogens (tertiary/aromatic N) is 2. The topological polar surface area (TPSA) is 82.5 Å². The van der Waals surface area contributed by atoms with Crippen molar-refractivity contribution in [1.29, 1.82) is 0 Å². The summed E-state index contributed by atoms with van der Waals surface area (Å²) >= 11 is 7.37. The van der Waals surface area contributed by atoms with Crippen molar-refractivity contribution in [3.05, 3.63) is 81.6 Å². The fraction of sp³-hybridized carbons (Fsp3) is 0.160. The Labute approximate surface area is 205 Å². The summed E-state index contributed by atoms with van der Waals surface area (Å²) in [6.07, 6.45) is 0. The van der Waals surface area contributed by atoms with E-state index in [-0.39, 0.29) is 17.2 Å². The number of amides is 1. The van der Waals surface area contributed by atoms with E-state index in [9.17, 15) is 9.59 Å². The highest BCUT2D eigenvalue weighted by molar-refractivity contribution is 7.99. The van der Waals surface area contributed by atoms with Gasteiger partial charge in [0.2, 0.25) is 5.91 Å². The van der Waals surface area contributed by atoms with Gasteiger partial charge in [-0.1, -0.05) is 53.2 Å². The number of nitrogens with one attached hydrogen (secondary N) is 1. The highest BCUT2D eigenvalue weighted by atomic mass is 35.5. The normalized spacial score (nSPS) is 10.8. The lowest BCUT2D eigenvalue weighted by atomic mass is 10.2. The van der Waals surface area contributed by atoms with Crippen molar-refractivity contribution in [1.82, 2.24) is 9.55 Å². The molecule has 0 unspecified atom stereocenters. The number of carbonyl (C=O) groups excluding carboxylic acids is 1. The Bertz CT molecular complexity index is 1420. The summed E-state index contributed by atoms with van der Waals surface area (Å²) in [5.41, 5.74) is 2.55. The summed E-state index contributed by atoms with van der Waals surface area (Å²) in [7, 11) is 2.99. The number of thioether (sulfide) groups is 1. The van der Waals surface area contributed by atoms with E-state index in [1.807, 2.05) is 37.3 Å². The summed E-state index contributed by atoms with van der Waals surface area (Å²) in [4.78, 5) is 30.8. The zero-order valence-corrected chi connectivity index (χ0v) is 20.4. The maximum atomic E-state index is 13.3. The first-order valence-electron chi connectivity index (χ1n) is 10.3. The molecule has 0 aliphatic carbocycles. The molecule has 0 saturated heterocycles. The predicted octanol–water partition coefficient (Wildman–Crippen LogP) is 5.10. The molecule has 174 valence electrons. The van der Waals surface area contributed by atoms with E-state index < -0.39 is 0 Å². The SMILES string of the molecule is COc1cc(OC)c(NC(=O)CSc2nc3ccccc3c(=O)n2-c2ccc(C)cc2)cc1Cl. The van der Waals surface area contributed by atoms with Crippen LogP contribution in [-0.2, 0) is 4.79 Å². The number of hydrogen-bond acceptors (Lipinski definition) is 6. The van der Waals surface area contributed by atoms with Gasteiger partial charge in [-0.2, -0.15) is 0 Å². The molecule has 4 rings (SSSR count). The van der Waals surface area contributed by atoms with Gasteiger partial charge in [-0.15, -0.1) is 0 Å². The molecule has 3 aromatic carbocycles. The van der Waals surface area contributed by atoms with Crippen LogP contribution >= 0.6 is 23.4 Å². The molecule has 7 nitrogen and oxygen atoms in total. The lowest BCUT2D eigenvalue weighted by Crippen LogP contribution is -2.23. The monoisotopic (exact) mass is 495 g/mol. The molecule has 1 heterocycles. The van der Waals surface area contributed by atoms with E-state index >= 15 is 0 Å². The second-order valence-corrected chi connectivity index (χ2v) is 8.76. The van der Waals surface area contributed by atoms with Gasteiger partial charge in [0.1, 0.15) is 11.5 Å². The zero-order chi connectivity index (χ0) is 24.2. The zero-order valence-electron chi connectivity index (χ0n) is 18.8. The van der Waals surface area contributed by atoms with Crippen molar-refractivity contribution in [2.75, 3.05) is 25.3 Å². The molecule has 1 aromatic heterocycles. The van der Waals surface area contributed by atoms with Crippen molar-refractivity contribution in [2.24, 2.45) is 0 Å². The largest absolute Gasteiger partial charge is 0.495 e. The Kier molecular flexibility index (Phi) is 7.09. The predicted molar refractivity (Wildman–Crippen MR) is 136 cm³/mol. The highest BCUT2D eigenvalue weighted by Gasteiger charge is 2.17. The van der Waals surface area contributed by atoms with Crippen LogP contribution in [0.2, 0.25) is 5.02 Å². The summed E-state index contributed by atoms with van der Waals surface area (Å²) in [6, 6.07) is 17.9. The molecule has 0 saturated carbocycles. The molecule has 0 radical (unpaired) electrons. The first-order valence-corrected chi connectivity index (χ1v) is 11.7. The van der Waals surface area contributed by atoms with E-state index in [2.05, 4.69) is 10.3 Å².